The van der Waals surface area contributed by atoms with Gasteiger partial charge in [-0.2, -0.15) is 0 Å². The van der Waals surface area contributed by atoms with Crippen molar-refractivity contribution in [2.75, 3.05) is 40.4 Å². The first kappa shape index (κ1) is 28.8. The highest BCUT2D eigenvalue weighted by atomic mass is 19.1. The second-order valence-electron chi connectivity index (χ2n) is 10.7. The number of likely N-dealkylation sites (N-methyl/N-ethyl adjacent to an activating group) is 1. The number of carbonyl (C=O) groups excluding carboxylic acids is 1. The summed E-state index contributed by atoms with van der Waals surface area (Å²) in [6, 6.07) is 5.63. The molecule has 3 rings (SSSR count). The van der Waals surface area contributed by atoms with Crippen molar-refractivity contribution in [1.82, 2.24) is 15.5 Å². The molecular formula is C28H46FN3O4. The third-order valence-electron chi connectivity index (χ3n) is 8.14. The van der Waals surface area contributed by atoms with Crippen molar-refractivity contribution in [3.63, 3.8) is 0 Å². The Morgan fingerprint density at radius 3 is 2.69 bits per heavy atom. The van der Waals surface area contributed by atoms with E-state index in [9.17, 15) is 19.4 Å². The minimum absolute atomic E-state index is 0.205. The molecule has 4 N–H and O–H groups in total. The van der Waals surface area contributed by atoms with Gasteiger partial charge in [-0.25, -0.2) is 9.18 Å². The number of hydrogen-bond acceptors (Lipinski definition) is 5. The highest BCUT2D eigenvalue weighted by Gasteiger charge is 2.42. The Kier molecular flexibility index (Phi) is 11.4. The second kappa shape index (κ2) is 14.3. The zero-order valence-corrected chi connectivity index (χ0v) is 22.1. The van der Waals surface area contributed by atoms with Crippen LogP contribution in [0, 0.1) is 17.7 Å². The van der Waals surface area contributed by atoms with E-state index < -0.39 is 11.7 Å². The molecule has 0 bridgehead atoms. The van der Waals surface area contributed by atoms with E-state index in [1.165, 1.54) is 18.6 Å². The SMILES string of the molecule is CNC[C@@H](NC(=O)N1CCC[C@@H]([C@@](O)(CCCCOC)c2cccc(F)c2)C1)C(O)C1CCCCC1. The Hall–Kier alpha value is -1.74. The molecule has 1 aliphatic carbocycles. The van der Waals surface area contributed by atoms with Crippen molar-refractivity contribution < 1.29 is 24.1 Å². The minimum atomic E-state index is -1.24. The molecule has 1 heterocycles. The fraction of sp³-hybridized carbons (Fsp3) is 0.750. The maximum Gasteiger partial charge on any atom is 0.317 e. The molecule has 8 heteroatoms. The van der Waals surface area contributed by atoms with E-state index in [1.54, 1.807) is 24.1 Å². The van der Waals surface area contributed by atoms with Gasteiger partial charge in [0.25, 0.3) is 0 Å². The monoisotopic (exact) mass is 507 g/mol. The number of urea groups is 1. The molecule has 1 aromatic rings. The fourth-order valence-corrected chi connectivity index (χ4v) is 6.07. The van der Waals surface area contributed by atoms with Crippen molar-refractivity contribution in [1.29, 1.82) is 0 Å². The molecule has 1 saturated carbocycles. The standard InChI is InChI=1S/C28H46FN3O4/c1-30-19-25(26(33)21-10-4-3-5-11-21)31-27(34)32-16-9-13-23(20-32)28(35,15-6-7-17-36-2)22-12-8-14-24(29)18-22/h8,12,14,18,21,23,25-26,30,33,35H,3-7,9-11,13,15-17,19-20H2,1-2H3,(H,31,34)/t23-,25-,26?,28-/m1/s1. The van der Waals surface area contributed by atoms with E-state index in [-0.39, 0.29) is 29.7 Å². The quantitative estimate of drug-likeness (QED) is 0.323. The minimum Gasteiger partial charge on any atom is -0.391 e. The van der Waals surface area contributed by atoms with Crippen molar-refractivity contribution >= 4 is 6.03 Å². The first-order valence-corrected chi connectivity index (χ1v) is 13.7. The molecule has 2 amide bonds. The predicted octanol–water partition coefficient (Wildman–Crippen LogP) is 3.78. The summed E-state index contributed by atoms with van der Waals surface area (Å²) < 4.78 is 19.3. The average molecular weight is 508 g/mol. The first-order valence-electron chi connectivity index (χ1n) is 13.7. The van der Waals surface area contributed by atoms with Gasteiger partial charge in [-0.15, -0.1) is 0 Å². The zero-order chi connectivity index (χ0) is 26.0. The van der Waals surface area contributed by atoms with Crippen LogP contribution in [0.15, 0.2) is 24.3 Å². The normalized spacial score (nSPS) is 22.6. The zero-order valence-electron chi connectivity index (χ0n) is 22.1. The number of nitrogens with one attached hydrogen (secondary N) is 2. The number of unbranched alkanes of at least 4 members (excludes halogenated alkanes) is 1. The van der Waals surface area contributed by atoms with Gasteiger partial charge in [0, 0.05) is 39.3 Å². The van der Waals surface area contributed by atoms with E-state index in [1.807, 2.05) is 7.05 Å². The predicted molar refractivity (Wildman–Crippen MR) is 139 cm³/mol. The summed E-state index contributed by atoms with van der Waals surface area (Å²) in [6.07, 6.45) is 8.38. The smallest absolute Gasteiger partial charge is 0.317 e. The maximum absolute atomic E-state index is 14.1. The van der Waals surface area contributed by atoms with Crippen LogP contribution in [-0.2, 0) is 10.3 Å². The third kappa shape index (κ3) is 7.63. The van der Waals surface area contributed by atoms with E-state index in [2.05, 4.69) is 10.6 Å². The number of nitrogens with zero attached hydrogens (tertiary/aromatic N) is 1. The number of benzene rings is 1. The third-order valence-corrected chi connectivity index (χ3v) is 8.14. The van der Waals surface area contributed by atoms with Crippen LogP contribution in [0.4, 0.5) is 9.18 Å². The number of likely N-dealkylation sites (tertiary alicyclic amines) is 1. The number of piperidine rings is 1. The summed E-state index contributed by atoms with van der Waals surface area (Å²) in [5.41, 5.74) is -0.672. The van der Waals surface area contributed by atoms with Gasteiger partial charge >= 0.3 is 6.03 Å². The van der Waals surface area contributed by atoms with E-state index in [0.717, 1.165) is 51.4 Å². The molecule has 7 nitrogen and oxygen atoms in total. The molecule has 0 radical (unpaired) electrons. The maximum atomic E-state index is 14.1. The first-order chi connectivity index (χ1) is 17.4. The van der Waals surface area contributed by atoms with Gasteiger partial charge < -0.3 is 30.5 Å². The lowest BCUT2D eigenvalue weighted by atomic mass is 9.74. The molecule has 0 spiro atoms. The number of amides is 2. The Morgan fingerprint density at radius 2 is 2.00 bits per heavy atom. The number of carbonyl (C=O) groups is 1. The van der Waals surface area contributed by atoms with Gasteiger partial charge in [0.1, 0.15) is 5.82 Å². The fourth-order valence-electron chi connectivity index (χ4n) is 6.07. The van der Waals surface area contributed by atoms with Crippen LogP contribution in [0.1, 0.15) is 69.8 Å². The Labute approximate surface area is 215 Å². The van der Waals surface area contributed by atoms with Crippen LogP contribution in [-0.4, -0.2) is 73.7 Å². The molecule has 204 valence electrons. The van der Waals surface area contributed by atoms with E-state index in [0.29, 0.717) is 38.2 Å². The summed E-state index contributed by atoms with van der Waals surface area (Å²) in [6.45, 7) is 2.08. The number of methoxy groups -OCH3 is 1. The topological polar surface area (TPSA) is 94.1 Å². The summed E-state index contributed by atoms with van der Waals surface area (Å²) in [7, 11) is 3.48. The van der Waals surface area contributed by atoms with E-state index in [4.69, 9.17) is 4.74 Å². The highest BCUT2D eigenvalue weighted by molar-refractivity contribution is 5.74. The Morgan fingerprint density at radius 1 is 1.22 bits per heavy atom. The van der Waals surface area contributed by atoms with Gasteiger partial charge in [-0.1, -0.05) is 31.4 Å². The number of aliphatic hydroxyl groups excluding tert-OH is 1. The van der Waals surface area contributed by atoms with Gasteiger partial charge in [0.2, 0.25) is 0 Å². The summed E-state index contributed by atoms with van der Waals surface area (Å²) in [4.78, 5) is 15.1. The summed E-state index contributed by atoms with van der Waals surface area (Å²) in [5.74, 6) is -0.385. The van der Waals surface area contributed by atoms with Crippen molar-refractivity contribution in [2.24, 2.45) is 11.8 Å². The summed E-state index contributed by atoms with van der Waals surface area (Å²) in [5, 5.41) is 29.2. The molecule has 1 saturated heterocycles. The van der Waals surface area contributed by atoms with E-state index >= 15 is 0 Å². The molecule has 2 aliphatic rings. The van der Waals surface area contributed by atoms with Crippen molar-refractivity contribution in [3.8, 4) is 0 Å². The number of ether oxygens (including phenoxy) is 1. The lowest BCUT2D eigenvalue weighted by Gasteiger charge is -2.43. The van der Waals surface area contributed by atoms with Crippen LogP contribution in [0.3, 0.4) is 0 Å². The largest absolute Gasteiger partial charge is 0.391 e. The van der Waals surface area contributed by atoms with Gasteiger partial charge in [0.15, 0.2) is 0 Å². The van der Waals surface area contributed by atoms with Crippen LogP contribution in [0.5, 0.6) is 0 Å². The Bertz CT molecular complexity index is 807. The number of rotatable bonds is 12. The number of hydrogen-bond donors (Lipinski definition) is 4. The molecular weight excluding hydrogens is 461 g/mol. The molecule has 1 unspecified atom stereocenters. The van der Waals surface area contributed by atoms with Gasteiger partial charge in [0.05, 0.1) is 17.7 Å². The summed E-state index contributed by atoms with van der Waals surface area (Å²) >= 11 is 0. The Balaban J connectivity index is 1.71. The molecule has 0 aromatic heterocycles. The van der Waals surface area contributed by atoms with Crippen LogP contribution >= 0.6 is 0 Å². The van der Waals surface area contributed by atoms with Gasteiger partial charge in [-0.05, 0) is 75.6 Å². The molecule has 4 atom stereocenters. The lowest BCUT2D eigenvalue weighted by molar-refractivity contribution is -0.0568. The number of aliphatic hydroxyl groups is 2. The molecule has 1 aliphatic heterocycles. The van der Waals surface area contributed by atoms with Crippen LogP contribution < -0.4 is 10.6 Å². The van der Waals surface area contributed by atoms with Crippen molar-refractivity contribution in [2.45, 2.75) is 82.0 Å². The molecule has 36 heavy (non-hydrogen) atoms. The highest BCUT2D eigenvalue weighted by Crippen LogP contribution is 2.40. The van der Waals surface area contributed by atoms with Crippen LogP contribution in [0.2, 0.25) is 0 Å². The molecule has 1 aromatic carbocycles. The average Bonchev–Trinajstić information content (AvgIpc) is 2.91. The second-order valence-corrected chi connectivity index (χ2v) is 10.7. The molecule has 2 fully saturated rings. The van der Waals surface area contributed by atoms with Crippen molar-refractivity contribution in [3.05, 3.63) is 35.6 Å². The van der Waals surface area contributed by atoms with Crippen LogP contribution in [0.25, 0.3) is 0 Å². The number of halogens is 1. The lowest BCUT2D eigenvalue weighted by Crippen LogP contribution is -2.57. The van der Waals surface area contributed by atoms with Gasteiger partial charge in [-0.3, -0.25) is 0 Å².